The highest BCUT2D eigenvalue weighted by Gasteiger charge is 2.20. The Balaban J connectivity index is 0.927. The fraction of sp³-hybridized carbons (Fsp3) is 0. The predicted molar refractivity (Wildman–Crippen MR) is 290 cm³/mol. The molecule has 69 heavy (non-hydrogen) atoms. The number of hydrogen-bond donors (Lipinski definition) is 0. The van der Waals surface area contributed by atoms with E-state index in [1.807, 2.05) is 12.1 Å². The Hall–Kier alpha value is -9.18. The summed E-state index contributed by atoms with van der Waals surface area (Å²) >= 11 is 0. The van der Waals surface area contributed by atoms with E-state index < -0.39 is 0 Å². The molecule has 0 spiro atoms. The maximum Gasteiger partial charge on any atom is 0.143 e. The largest absolute Gasteiger partial charge is 0.455 e. The van der Waals surface area contributed by atoms with Crippen LogP contribution < -0.4 is 4.90 Å². The third-order valence-corrected chi connectivity index (χ3v) is 13.6. The minimum Gasteiger partial charge on any atom is -0.455 e. The highest BCUT2D eigenvalue weighted by Crippen LogP contribution is 2.44. The third-order valence-electron chi connectivity index (χ3n) is 13.6. The molecule has 3 heteroatoms. The van der Waals surface area contributed by atoms with Crippen molar-refractivity contribution in [3.05, 3.63) is 267 Å². The lowest BCUT2D eigenvalue weighted by molar-refractivity contribution is 0.670. The predicted octanol–water partition coefficient (Wildman–Crippen LogP) is 18.5. The van der Waals surface area contributed by atoms with Gasteiger partial charge in [0.2, 0.25) is 0 Å². The molecule has 0 radical (unpaired) electrons. The average Bonchev–Trinajstić information content (AvgIpc) is 3.98. The van der Waals surface area contributed by atoms with Gasteiger partial charge in [-0.25, -0.2) is 0 Å². The van der Waals surface area contributed by atoms with Crippen LogP contribution in [-0.2, 0) is 0 Å². The third kappa shape index (κ3) is 6.99. The van der Waals surface area contributed by atoms with E-state index in [9.17, 15) is 0 Å². The molecule has 0 atom stereocenters. The molecule has 0 unspecified atom stereocenters. The van der Waals surface area contributed by atoms with E-state index in [-0.39, 0.29) is 0 Å². The SMILES string of the molecule is c1ccc(-c2ccccc2-c2ccccc2-c2ccccc2-c2ccc(N(c3ccc(-c4cccc5c4oc4ccccc45)cc3)c3cccc(-n4c5ccccc5c5ccccc54)c3)cc2)cc1. The van der Waals surface area contributed by atoms with Crippen molar-refractivity contribution in [2.45, 2.75) is 0 Å². The molecular weight excluding hydrogens is 837 g/mol. The summed E-state index contributed by atoms with van der Waals surface area (Å²) in [4.78, 5) is 2.37. The Labute approximate surface area is 401 Å². The highest BCUT2D eigenvalue weighted by molar-refractivity contribution is 6.10. The minimum atomic E-state index is 0.898. The molecule has 2 heterocycles. The van der Waals surface area contributed by atoms with E-state index in [1.54, 1.807) is 0 Å². The van der Waals surface area contributed by atoms with E-state index in [2.05, 4.69) is 264 Å². The normalized spacial score (nSPS) is 11.5. The quantitative estimate of drug-likeness (QED) is 0.144. The van der Waals surface area contributed by atoms with Gasteiger partial charge in [-0.3, -0.25) is 0 Å². The van der Waals surface area contributed by atoms with E-state index >= 15 is 0 Å². The Morgan fingerprint density at radius 3 is 1.29 bits per heavy atom. The Bertz CT molecular complexity index is 3960. The average molecular weight is 881 g/mol. The molecule has 13 rings (SSSR count). The molecule has 0 bridgehead atoms. The summed E-state index contributed by atoms with van der Waals surface area (Å²) in [5.41, 5.74) is 20.1. The lowest BCUT2D eigenvalue weighted by atomic mass is 9.87. The molecule has 0 amide bonds. The number of anilines is 3. The van der Waals surface area contributed by atoms with Gasteiger partial charge in [-0.1, -0.05) is 206 Å². The second-order valence-electron chi connectivity index (χ2n) is 17.6. The van der Waals surface area contributed by atoms with Crippen LogP contribution in [0.25, 0.3) is 105 Å². The van der Waals surface area contributed by atoms with Gasteiger partial charge in [-0.05, 0) is 111 Å². The van der Waals surface area contributed by atoms with Crippen LogP contribution in [0.2, 0.25) is 0 Å². The van der Waals surface area contributed by atoms with E-state index in [4.69, 9.17) is 4.42 Å². The molecule has 13 aromatic rings. The molecule has 0 aliphatic carbocycles. The van der Waals surface area contributed by atoms with Crippen LogP contribution in [0.1, 0.15) is 0 Å². The summed E-state index contributed by atoms with van der Waals surface area (Å²) in [6.45, 7) is 0. The van der Waals surface area contributed by atoms with Crippen molar-refractivity contribution < 1.29 is 4.42 Å². The first kappa shape index (κ1) is 40.1. The number of hydrogen-bond acceptors (Lipinski definition) is 2. The zero-order valence-electron chi connectivity index (χ0n) is 37.7. The first-order chi connectivity index (χ1) is 34.2. The van der Waals surface area contributed by atoms with Crippen molar-refractivity contribution in [1.82, 2.24) is 4.57 Å². The molecule has 0 aliphatic heterocycles. The Morgan fingerprint density at radius 1 is 0.275 bits per heavy atom. The fourth-order valence-electron chi connectivity index (χ4n) is 10.5. The first-order valence-corrected chi connectivity index (χ1v) is 23.6. The van der Waals surface area contributed by atoms with Crippen molar-refractivity contribution >= 4 is 60.8 Å². The summed E-state index contributed by atoms with van der Waals surface area (Å²) in [6, 6.07) is 96.0. The smallest absolute Gasteiger partial charge is 0.143 e. The molecule has 3 nitrogen and oxygen atoms in total. The molecule has 324 valence electrons. The minimum absolute atomic E-state index is 0.898. The van der Waals surface area contributed by atoms with Gasteiger partial charge >= 0.3 is 0 Å². The van der Waals surface area contributed by atoms with Gasteiger partial charge in [0.15, 0.2) is 0 Å². The topological polar surface area (TPSA) is 21.3 Å². The van der Waals surface area contributed by atoms with Crippen molar-refractivity contribution in [3.63, 3.8) is 0 Å². The molecule has 0 saturated heterocycles. The molecular formula is C66H44N2O. The van der Waals surface area contributed by atoms with Crippen LogP contribution in [0, 0.1) is 0 Å². The number of fused-ring (bicyclic) bond motifs is 6. The molecule has 0 aliphatic rings. The number of nitrogens with zero attached hydrogens (tertiary/aromatic N) is 2. The standard InChI is InChI=1S/C66H44N2O/c1-2-18-45(19-3-1)52-22-4-6-24-55(52)57-26-8-9-27-58(57)56-25-7-5-23-53(56)46-36-40-48(41-37-46)67(49-42-38-47(39-43-49)54-31-17-32-62-61-30-12-15-35-65(61)69-66(54)62)50-20-16-21-51(44-50)68-63-33-13-10-28-59(63)60-29-11-14-34-64(60)68/h1-44H. The number of aromatic nitrogens is 1. The van der Waals surface area contributed by atoms with E-state index in [0.29, 0.717) is 0 Å². The van der Waals surface area contributed by atoms with Gasteiger partial charge in [-0.2, -0.15) is 0 Å². The van der Waals surface area contributed by atoms with Crippen LogP contribution in [0.3, 0.4) is 0 Å². The lowest BCUT2D eigenvalue weighted by Crippen LogP contribution is -2.10. The monoisotopic (exact) mass is 880 g/mol. The summed E-state index contributed by atoms with van der Waals surface area (Å²) in [7, 11) is 0. The first-order valence-electron chi connectivity index (χ1n) is 23.6. The fourth-order valence-corrected chi connectivity index (χ4v) is 10.5. The van der Waals surface area contributed by atoms with Crippen LogP contribution in [0.4, 0.5) is 17.1 Å². The van der Waals surface area contributed by atoms with Gasteiger partial charge in [0.25, 0.3) is 0 Å². The van der Waals surface area contributed by atoms with Gasteiger partial charge in [0.05, 0.1) is 11.0 Å². The Morgan fingerprint density at radius 2 is 0.696 bits per heavy atom. The van der Waals surface area contributed by atoms with Gasteiger partial charge < -0.3 is 13.9 Å². The summed E-state index contributed by atoms with van der Waals surface area (Å²) < 4.78 is 8.88. The summed E-state index contributed by atoms with van der Waals surface area (Å²) in [6.07, 6.45) is 0. The number of furan rings is 1. The number of para-hydroxylation sites is 4. The molecule has 2 aromatic heterocycles. The highest BCUT2D eigenvalue weighted by atomic mass is 16.3. The lowest BCUT2D eigenvalue weighted by Gasteiger charge is -2.27. The second-order valence-corrected chi connectivity index (χ2v) is 17.6. The molecule has 0 saturated carbocycles. The van der Waals surface area contributed by atoms with Crippen molar-refractivity contribution in [3.8, 4) is 61.3 Å². The van der Waals surface area contributed by atoms with Crippen molar-refractivity contribution in [2.24, 2.45) is 0 Å². The van der Waals surface area contributed by atoms with Gasteiger partial charge in [-0.15, -0.1) is 0 Å². The van der Waals surface area contributed by atoms with E-state index in [1.165, 1.54) is 60.8 Å². The molecule has 11 aromatic carbocycles. The zero-order chi connectivity index (χ0) is 45.7. The molecule has 0 N–H and O–H groups in total. The maximum absolute atomic E-state index is 6.49. The van der Waals surface area contributed by atoms with Crippen molar-refractivity contribution in [1.29, 1.82) is 0 Å². The summed E-state index contributed by atoms with van der Waals surface area (Å²) in [5.74, 6) is 0. The van der Waals surface area contributed by atoms with Crippen LogP contribution in [0.15, 0.2) is 271 Å². The Kier molecular flexibility index (Phi) is 9.84. The van der Waals surface area contributed by atoms with Crippen LogP contribution >= 0.6 is 0 Å². The van der Waals surface area contributed by atoms with Crippen LogP contribution in [0.5, 0.6) is 0 Å². The number of benzene rings is 11. The number of rotatable bonds is 9. The van der Waals surface area contributed by atoms with Crippen molar-refractivity contribution in [2.75, 3.05) is 4.90 Å². The van der Waals surface area contributed by atoms with Gasteiger partial charge in [0, 0.05) is 49.9 Å². The molecule has 0 fully saturated rings. The maximum atomic E-state index is 6.49. The second kappa shape index (κ2) is 16.9. The zero-order valence-corrected chi connectivity index (χ0v) is 37.7. The van der Waals surface area contributed by atoms with E-state index in [0.717, 1.165) is 61.4 Å². The van der Waals surface area contributed by atoms with Crippen LogP contribution in [-0.4, -0.2) is 4.57 Å². The van der Waals surface area contributed by atoms with Gasteiger partial charge in [0.1, 0.15) is 11.2 Å². The summed E-state index contributed by atoms with van der Waals surface area (Å²) in [5, 5.41) is 4.73.